The quantitative estimate of drug-likeness (QED) is 0.0767. The molecule has 0 aliphatic carbocycles. The molecule has 2 rings (SSSR count). The molecule has 10 nitrogen and oxygen atoms in total. The van der Waals surface area contributed by atoms with Gasteiger partial charge >= 0.3 is 5.97 Å². The minimum absolute atomic E-state index is 0.159. The van der Waals surface area contributed by atoms with Gasteiger partial charge < -0.3 is 45.7 Å². The number of carbonyl (C=O) groups excluding carboxylic acids is 1. The molecule has 1 heterocycles. The number of rotatable bonds is 22. The minimum Gasteiger partial charge on any atom is -0.502 e. The first-order chi connectivity index (χ1) is 19.8. The smallest absolute Gasteiger partial charge is 0.391 e. The van der Waals surface area contributed by atoms with Crippen molar-refractivity contribution in [2.45, 2.75) is 115 Å². The fraction of sp³-hybridized carbons (Fsp3) is 0.645. The summed E-state index contributed by atoms with van der Waals surface area (Å²) in [4.78, 5) is 13.1. The van der Waals surface area contributed by atoms with E-state index in [9.17, 15) is 25.2 Å². The first-order valence-corrected chi connectivity index (χ1v) is 15.0. The highest BCUT2D eigenvalue weighted by Crippen LogP contribution is 2.28. The third-order valence-corrected chi connectivity index (χ3v) is 7.07. The van der Waals surface area contributed by atoms with Crippen molar-refractivity contribution in [3.8, 4) is 0 Å². The third kappa shape index (κ3) is 13.2. The van der Waals surface area contributed by atoms with E-state index in [1.807, 2.05) is 30.3 Å². The van der Waals surface area contributed by atoms with Crippen LogP contribution in [0.25, 0.3) is 0 Å². The molecule has 3 atom stereocenters. The summed E-state index contributed by atoms with van der Waals surface area (Å²) in [6, 6.07) is 9.28. The highest BCUT2D eigenvalue weighted by Gasteiger charge is 2.43. The number of ether oxygens (including phenoxy) is 3. The first kappa shape index (κ1) is 34.4. The van der Waals surface area contributed by atoms with E-state index in [1.165, 1.54) is 44.9 Å². The highest BCUT2D eigenvalue weighted by atomic mass is 16.8. The first-order valence-electron chi connectivity index (χ1n) is 15.0. The monoisotopic (exact) mass is 578 g/mol. The van der Waals surface area contributed by atoms with E-state index in [4.69, 9.17) is 19.9 Å². The Kier molecular flexibility index (Phi) is 16.2. The second-order valence-electron chi connectivity index (χ2n) is 10.6. The molecule has 0 unspecified atom stereocenters. The Hall–Kier alpha value is -2.79. The van der Waals surface area contributed by atoms with Crippen LogP contribution in [0.1, 0.15) is 96.0 Å². The summed E-state index contributed by atoms with van der Waals surface area (Å²) in [6.45, 7) is 2.77. The Morgan fingerprint density at radius 2 is 1.63 bits per heavy atom. The average Bonchev–Trinajstić information content (AvgIpc) is 2.98. The molecule has 0 radical (unpaired) electrons. The fourth-order valence-electron chi connectivity index (χ4n) is 4.60. The zero-order chi connectivity index (χ0) is 29.9. The van der Waals surface area contributed by atoms with Crippen LogP contribution in [0.4, 0.5) is 0 Å². The molecule has 41 heavy (non-hydrogen) atoms. The number of benzene rings is 1. The molecular formula is C31H50N2O8. The molecule has 0 saturated carbocycles. The van der Waals surface area contributed by atoms with E-state index in [1.54, 1.807) is 0 Å². The Bertz CT molecular complexity index is 939. The second kappa shape index (κ2) is 19.4. The number of hydrogen-bond acceptors (Lipinski definition) is 9. The van der Waals surface area contributed by atoms with Gasteiger partial charge in [0.1, 0.15) is 6.26 Å². The van der Waals surface area contributed by atoms with Crippen LogP contribution in [0.5, 0.6) is 0 Å². The van der Waals surface area contributed by atoms with Gasteiger partial charge in [0, 0.05) is 0 Å². The number of unbranched alkanes of at least 4 members (excludes halogenated alkanes) is 8. The van der Waals surface area contributed by atoms with E-state index in [2.05, 4.69) is 12.2 Å². The second-order valence-corrected chi connectivity index (χ2v) is 10.6. The van der Waals surface area contributed by atoms with Crippen molar-refractivity contribution in [2.24, 2.45) is 5.73 Å². The molecule has 1 aromatic rings. The summed E-state index contributed by atoms with van der Waals surface area (Å²) >= 11 is 0. The molecule has 7 N–H and O–H groups in total. The fourth-order valence-corrected chi connectivity index (χ4v) is 4.60. The predicted molar refractivity (Wildman–Crippen MR) is 157 cm³/mol. The molecule has 0 fully saturated rings. The van der Waals surface area contributed by atoms with E-state index < -0.39 is 29.3 Å². The molecule has 1 aliphatic rings. The molecule has 0 spiro atoms. The van der Waals surface area contributed by atoms with Crippen molar-refractivity contribution < 1.29 is 39.4 Å². The SMILES string of the molecule is CCCCCCCCCCC[C@H](CC(=O)N[C@H](CCCN)CO[C@@]1(O)OC=C(O)C(O)=C1O)OCc1ccccc1. The minimum atomic E-state index is -2.70. The van der Waals surface area contributed by atoms with Crippen molar-refractivity contribution in [1.82, 2.24) is 5.32 Å². The van der Waals surface area contributed by atoms with Crippen LogP contribution >= 0.6 is 0 Å². The van der Waals surface area contributed by atoms with Crippen molar-refractivity contribution in [1.29, 1.82) is 0 Å². The number of aliphatic hydroxyl groups is 4. The lowest BCUT2D eigenvalue weighted by Crippen LogP contribution is -2.46. The van der Waals surface area contributed by atoms with E-state index in [0.29, 0.717) is 32.3 Å². The van der Waals surface area contributed by atoms with Gasteiger partial charge in [0.2, 0.25) is 17.4 Å². The maximum atomic E-state index is 13.1. The van der Waals surface area contributed by atoms with Crippen molar-refractivity contribution in [3.05, 3.63) is 59.4 Å². The van der Waals surface area contributed by atoms with Crippen LogP contribution in [-0.2, 0) is 25.6 Å². The van der Waals surface area contributed by atoms with Gasteiger partial charge in [-0.3, -0.25) is 4.79 Å². The van der Waals surface area contributed by atoms with Crippen LogP contribution < -0.4 is 11.1 Å². The molecule has 0 bridgehead atoms. The van der Waals surface area contributed by atoms with Crippen molar-refractivity contribution in [3.63, 3.8) is 0 Å². The standard InChI is InChI=1S/C31H50N2O8/c1-2-3-4-5-6-7-8-9-13-18-26(39-21-24-15-11-10-12-16-24)20-28(35)33-25(17-14-19-32)22-40-31(38)30(37)29(36)27(34)23-41-31/h10-12,15-16,23,25-26,34,36-38H,2-9,13-14,17-22,32H2,1H3,(H,33,35)/t25-,26-,31-/m1/s1. The van der Waals surface area contributed by atoms with Crippen LogP contribution in [0, 0.1) is 0 Å². The molecule has 10 heteroatoms. The number of carbonyl (C=O) groups is 1. The summed E-state index contributed by atoms with van der Waals surface area (Å²) in [6.07, 6.45) is 13.3. The normalized spacial score (nSPS) is 18.5. The molecule has 1 aliphatic heterocycles. The van der Waals surface area contributed by atoms with Crippen LogP contribution in [0.15, 0.2) is 53.9 Å². The van der Waals surface area contributed by atoms with Gasteiger partial charge in [0.15, 0.2) is 5.76 Å². The van der Waals surface area contributed by atoms with Gasteiger partial charge in [0.05, 0.1) is 31.8 Å². The highest BCUT2D eigenvalue weighted by molar-refractivity contribution is 5.76. The lowest BCUT2D eigenvalue weighted by Gasteiger charge is -2.30. The molecule has 232 valence electrons. The number of hydrogen-bond donors (Lipinski definition) is 6. The Morgan fingerprint density at radius 1 is 0.976 bits per heavy atom. The van der Waals surface area contributed by atoms with Gasteiger partial charge in [-0.2, -0.15) is 0 Å². The number of amides is 1. The van der Waals surface area contributed by atoms with E-state index >= 15 is 0 Å². The summed E-state index contributed by atoms with van der Waals surface area (Å²) in [5, 5.41) is 42.5. The number of nitrogens with one attached hydrogen (secondary N) is 1. The van der Waals surface area contributed by atoms with Crippen LogP contribution in [0.3, 0.4) is 0 Å². The summed E-state index contributed by atoms with van der Waals surface area (Å²) < 4.78 is 16.4. The Labute approximate surface area is 244 Å². The largest absolute Gasteiger partial charge is 0.502 e. The maximum absolute atomic E-state index is 13.1. The van der Waals surface area contributed by atoms with E-state index in [-0.39, 0.29) is 25.0 Å². The third-order valence-electron chi connectivity index (χ3n) is 7.07. The number of nitrogens with two attached hydrogens (primary N) is 1. The van der Waals surface area contributed by atoms with Gasteiger partial charge in [0.25, 0.3) is 0 Å². The zero-order valence-corrected chi connectivity index (χ0v) is 24.4. The van der Waals surface area contributed by atoms with Gasteiger partial charge in [-0.05, 0) is 31.4 Å². The molecule has 1 aromatic carbocycles. The van der Waals surface area contributed by atoms with Crippen LogP contribution in [-0.4, -0.2) is 57.6 Å². The summed E-state index contributed by atoms with van der Waals surface area (Å²) in [5.41, 5.74) is 6.70. The number of aliphatic hydroxyl groups excluding tert-OH is 3. The molecular weight excluding hydrogens is 528 g/mol. The van der Waals surface area contributed by atoms with Crippen molar-refractivity contribution >= 4 is 5.91 Å². The molecule has 0 aromatic heterocycles. The predicted octanol–water partition coefficient (Wildman–Crippen LogP) is 5.53. The Balaban J connectivity index is 1.89. The van der Waals surface area contributed by atoms with Crippen molar-refractivity contribution in [2.75, 3.05) is 13.2 Å². The van der Waals surface area contributed by atoms with Gasteiger partial charge in [-0.25, -0.2) is 0 Å². The van der Waals surface area contributed by atoms with E-state index in [0.717, 1.165) is 24.8 Å². The maximum Gasteiger partial charge on any atom is 0.391 e. The topological polar surface area (TPSA) is 164 Å². The van der Waals surface area contributed by atoms with Gasteiger partial charge in [-0.1, -0.05) is 95.0 Å². The van der Waals surface area contributed by atoms with Crippen LogP contribution in [0.2, 0.25) is 0 Å². The summed E-state index contributed by atoms with van der Waals surface area (Å²) in [7, 11) is 0. The Morgan fingerprint density at radius 3 is 2.29 bits per heavy atom. The van der Waals surface area contributed by atoms with Gasteiger partial charge in [-0.15, -0.1) is 0 Å². The average molecular weight is 579 g/mol. The lowest BCUT2D eigenvalue weighted by atomic mass is 10.0. The molecule has 0 saturated heterocycles. The molecule has 1 amide bonds. The summed E-state index contributed by atoms with van der Waals surface area (Å²) in [5.74, 6) is -5.73. The lowest BCUT2D eigenvalue weighted by molar-refractivity contribution is -0.333. The zero-order valence-electron chi connectivity index (χ0n) is 24.4.